The molecule has 4 atom stereocenters. The summed E-state index contributed by atoms with van der Waals surface area (Å²) in [6.07, 6.45) is 1.74. The molecule has 1 saturated carbocycles. The Balaban J connectivity index is 1.77. The lowest BCUT2D eigenvalue weighted by molar-refractivity contribution is -0.225. The Hall–Kier alpha value is -1.53. The maximum absolute atomic E-state index is 13.4. The number of amides is 1. The number of fused-ring (bicyclic) bond motifs is 1. The molecular formula is C18H24F2N2O2. The highest BCUT2D eigenvalue weighted by Gasteiger charge is 2.70. The first-order valence-electron chi connectivity index (χ1n) is 8.36. The van der Waals surface area contributed by atoms with Crippen molar-refractivity contribution in [3.05, 3.63) is 35.4 Å². The molecule has 3 rings (SSSR count). The predicted molar refractivity (Wildman–Crippen MR) is 86.1 cm³/mol. The molecule has 1 heterocycles. The van der Waals surface area contributed by atoms with Crippen LogP contribution in [0, 0.1) is 23.0 Å². The van der Waals surface area contributed by atoms with E-state index >= 15 is 0 Å². The Kier molecular flexibility index (Phi) is 4.16. The van der Waals surface area contributed by atoms with E-state index in [9.17, 15) is 13.6 Å². The van der Waals surface area contributed by atoms with Crippen molar-refractivity contribution < 1.29 is 18.3 Å². The number of rotatable bonds is 3. The molecule has 2 aliphatic rings. The number of carbonyl (C=O) groups excluding carboxylic acids is 1. The Bertz CT molecular complexity index is 664. The van der Waals surface area contributed by atoms with E-state index in [1.807, 2.05) is 13.8 Å². The molecule has 4 unspecified atom stereocenters. The average Bonchev–Trinajstić information content (AvgIpc) is 2.56. The van der Waals surface area contributed by atoms with Gasteiger partial charge in [0.25, 0.3) is 0 Å². The number of hydrogen-bond acceptors (Lipinski definition) is 3. The lowest BCUT2D eigenvalue weighted by Crippen LogP contribution is -2.82. The van der Waals surface area contributed by atoms with Crippen LogP contribution in [0.15, 0.2) is 18.2 Å². The van der Waals surface area contributed by atoms with E-state index in [-0.39, 0.29) is 17.9 Å². The Labute approximate surface area is 140 Å². The second kappa shape index (κ2) is 5.77. The Morgan fingerprint density at radius 2 is 2.08 bits per heavy atom. The third-order valence-corrected chi connectivity index (χ3v) is 5.85. The summed E-state index contributed by atoms with van der Waals surface area (Å²) in [5.41, 5.74) is 5.53. The zero-order valence-electron chi connectivity index (χ0n) is 14.2. The van der Waals surface area contributed by atoms with Gasteiger partial charge in [-0.1, -0.05) is 19.9 Å². The van der Waals surface area contributed by atoms with Gasteiger partial charge in [-0.3, -0.25) is 4.79 Å². The lowest BCUT2D eigenvalue weighted by Gasteiger charge is -2.65. The number of nitrogens with one attached hydrogen (secondary N) is 1. The molecular weight excluding hydrogens is 314 g/mol. The number of carbonyl (C=O) groups is 1. The third-order valence-electron chi connectivity index (χ3n) is 5.85. The summed E-state index contributed by atoms with van der Waals surface area (Å²) in [6, 6.07) is 3.16. The first kappa shape index (κ1) is 17.3. The van der Waals surface area contributed by atoms with Gasteiger partial charge < -0.3 is 15.8 Å². The van der Waals surface area contributed by atoms with Crippen molar-refractivity contribution in [3.63, 3.8) is 0 Å². The first-order chi connectivity index (χ1) is 11.2. The molecule has 0 bridgehead atoms. The smallest absolute Gasteiger partial charge is 0.241 e. The number of benzene rings is 1. The van der Waals surface area contributed by atoms with Gasteiger partial charge >= 0.3 is 0 Å². The minimum absolute atomic E-state index is 0.0134. The van der Waals surface area contributed by atoms with Gasteiger partial charge in [0.15, 0.2) is 11.6 Å². The average molecular weight is 338 g/mol. The van der Waals surface area contributed by atoms with Crippen LogP contribution in [0.2, 0.25) is 0 Å². The van der Waals surface area contributed by atoms with Crippen molar-refractivity contribution in [1.29, 1.82) is 0 Å². The van der Waals surface area contributed by atoms with Crippen molar-refractivity contribution in [2.45, 2.75) is 51.3 Å². The maximum atomic E-state index is 13.4. The van der Waals surface area contributed by atoms with Gasteiger partial charge in [-0.25, -0.2) is 8.78 Å². The van der Waals surface area contributed by atoms with E-state index in [4.69, 9.17) is 10.5 Å². The minimum atomic E-state index is -1.02. The van der Waals surface area contributed by atoms with Crippen molar-refractivity contribution in [2.24, 2.45) is 17.1 Å². The van der Waals surface area contributed by atoms with Crippen molar-refractivity contribution in [1.82, 2.24) is 5.32 Å². The van der Waals surface area contributed by atoms with Gasteiger partial charge in [-0.15, -0.1) is 0 Å². The first-order valence-corrected chi connectivity index (χ1v) is 8.36. The third kappa shape index (κ3) is 2.35. The topological polar surface area (TPSA) is 64.4 Å². The van der Waals surface area contributed by atoms with Crippen LogP contribution in [0.25, 0.3) is 0 Å². The van der Waals surface area contributed by atoms with Gasteiger partial charge in [0.1, 0.15) is 5.54 Å². The van der Waals surface area contributed by atoms with Crippen LogP contribution < -0.4 is 11.1 Å². The summed E-state index contributed by atoms with van der Waals surface area (Å²) in [4.78, 5) is 12.9. The molecule has 0 aromatic heterocycles. The number of nitrogens with two attached hydrogens (primary N) is 1. The number of hydrogen-bond donors (Lipinski definition) is 2. The number of halogens is 2. The fourth-order valence-corrected chi connectivity index (χ4v) is 4.22. The Morgan fingerprint density at radius 1 is 1.38 bits per heavy atom. The van der Waals surface area contributed by atoms with Gasteiger partial charge in [-0.05, 0) is 37.5 Å². The molecule has 1 aliphatic carbocycles. The van der Waals surface area contributed by atoms with Crippen LogP contribution >= 0.6 is 0 Å². The normalized spacial score (nSPS) is 32.4. The quantitative estimate of drug-likeness (QED) is 0.891. The molecule has 1 aromatic rings. The van der Waals surface area contributed by atoms with Crippen LogP contribution in [-0.4, -0.2) is 24.2 Å². The largest absolute Gasteiger partial charge is 0.377 e. The number of ether oxygens (including phenoxy) is 1. The molecule has 3 N–H and O–H groups in total. The fourth-order valence-electron chi connectivity index (χ4n) is 4.22. The zero-order chi connectivity index (χ0) is 17.7. The summed E-state index contributed by atoms with van der Waals surface area (Å²) in [5, 5.41) is 2.87. The van der Waals surface area contributed by atoms with E-state index in [0.717, 1.165) is 25.0 Å². The van der Waals surface area contributed by atoms with Gasteiger partial charge in [0, 0.05) is 17.9 Å². The van der Waals surface area contributed by atoms with Crippen LogP contribution in [0.1, 0.15) is 45.2 Å². The molecule has 4 nitrogen and oxygen atoms in total. The molecule has 132 valence electrons. The molecule has 1 aliphatic heterocycles. The summed E-state index contributed by atoms with van der Waals surface area (Å²) in [6.45, 7) is 6.32. The monoisotopic (exact) mass is 338 g/mol. The van der Waals surface area contributed by atoms with Crippen LogP contribution in [0.4, 0.5) is 8.78 Å². The molecule has 24 heavy (non-hydrogen) atoms. The second-order valence-corrected chi connectivity index (χ2v) is 7.50. The zero-order valence-corrected chi connectivity index (χ0v) is 14.2. The highest BCUT2D eigenvalue weighted by molar-refractivity contribution is 5.89. The maximum Gasteiger partial charge on any atom is 0.241 e. The molecule has 2 fully saturated rings. The van der Waals surface area contributed by atoms with E-state index < -0.39 is 28.6 Å². The standard InChI is InChI=1S/C18H24F2N2O2/c1-10(11-6-7-13(19)14(20)9-11)22-16(23)18(21)12-5-4-8-24-15(12)17(18,2)3/h6-7,9-10,12,15H,4-5,8,21H2,1-3H3,(H,22,23). The second-order valence-electron chi connectivity index (χ2n) is 7.50. The van der Waals surface area contributed by atoms with Crippen molar-refractivity contribution in [2.75, 3.05) is 6.61 Å². The summed E-state index contributed by atoms with van der Waals surface area (Å²) in [5.74, 6) is -2.12. The highest BCUT2D eigenvalue weighted by atomic mass is 19.2. The van der Waals surface area contributed by atoms with E-state index in [0.29, 0.717) is 12.2 Å². The van der Waals surface area contributed by atoms with Crippen LogP contribution in [-0.2, 0) is 9.53 Å². The molecule has 0 spiro atoms. The van der Waals surface area contributed by atoms with Gasteiger partial charge in [0.2, 0.25) is 5.91 Å². The van der Waals surface area contributed by atoms with Crippen LogP contribution in [0.5, 0.6) is 0 Å². The van der Waals surface area contributed by atoms with Crippen molar-refractivity contribution >= 4 is 5.91 Å². The molecule has 1 amide bonds. The summed E-state index contributed by atoms with van der Waals surface area (Å²) in [7, 11) is 0. The summed E-state index contributed by atoms with van der Waals surface area (Å²) >= 11 is 0. The molecule has 1 saturated heterocycles. The van der Waals surface area contributed by atoms with Crippen LogP contribution in [0.3, 0.4) is 0 Å². The predicted octanol–water partition coefficient (Wildman–Crippen LogP) is 2.67. The Morgan fingerprint density at radius 3 is 2.75 bits per heavy atom. The minimum Gasteiger partial charge on any atom is -0.377 e. The van der Waals surface area contributed by atoms with E-state index in [2.05, 4.69) is 5.32 Å². The fraction of sp³-hybridized carbons (Fsp3) is 0.611. The van der Waals surface area contributed by atoms with E-state index in [1.54, 1.807) is 6.92 Å². The van der Waals surface area contributed by atoms with Gasteiger partial charge in [0.05, 0.1) is 12.1 Å². The lowest BCUT2D eigenvalue weighted by atomic mass is 9.46. The SMILES string of the molecule is CC(NC(=O)C1(N)C2CCCOC2C1(C)C)c1ccc(F)c(F)c1. The van der Waals surface area contributed by atoms with Crippen molar-refractivity contribution in [3.8, 4) is 0 Å². The highest BCUT2D eigenvalue weighted by Crippen LogP contribution is 2.57. The molecule has 6 heteroatoms. The van der Waals surface area contributed by atoms with E-state index in [1.165, 1.54) is 6.07 Å². The molecule has 1 aromatic carbocycles. The van der Waals surface area contributed by atoms with Gasteiger partial charge in [-0.2, -0.15) is 0 Å². The summed E-state index contributed by atoms with van der Waals surface area (Å²) < 4.78 is 32.3. The molecule has 0 radical (unpaired) electrons.